The molecule has 1 N–H and O–H groups in total. The molecule has 1 aromatic carbocycles. The summed E-state index contributed by atoms with van der Waals surface area (Å²) in [5.74, 6) is 0.722. The molecule has 4 rings (SSSR count). The van der Waals surface area contributed by atoms with Crippen molar-refractivity contribution in [2.75, 3.05) is 5.43 Å². The number of aromatic nitrogens is 3. The molecule has 0 saturated carbocycles. The maximum atomic E-state index is 6.21. The van der Waals surface area contributed by atoms with Gasteiger partial charge >= 0.3 is 0 Å². The molecule has 0 aliphatic carbocycles. The van der Waals surface area contributed by atoms with Crippen LogP contribution in [-0.4, -0.2) is 20.6 Å². The van der Waals surface area contributed by atoms with Crippen LogP contribution in [0.5, 0.6) is 0 Å². The molecule has 4 aromatic rings. The van der Waals surface area contributed by atoms with E-state index in [-0.39, 0.29) is 0 Å². The first-order chi connectivity index (χ1) is 12.1. The van der Waals surface area contributed by atoms with Gasteiger partial charge in [0.05, 0.1) is 11.7 Å². The SMILES string of the molecule is Cc1ccc2cc(C)c(NN=Cc3c(Cl)nc4ccccn34)nc2c1. The average molecular weight is 350 g/mol. The van der Waals surface area contributed by atoms with Gasteiger partial charge in [-0.15, -0.1) is 0 Å². The average Bonchev–Trinajstić information content (AvgIpc) is 2.91. The molecule has 0 aliphatic rings. The second-order valence-electron chi connectivity index (χ2n) is 5.94. The lowest BCUT2D eigenvalue weighted by Crippen LogP contribution is -1.98. The highest BCUT2D eigenvalue weighted by Crippen LogP contribution is 2.21. The summed E-state index contributed by atoms with van der Waals surface area (Å²) >= 11 is 6.21. The molecule has 5 nitrogen and oxygen atoms in total. The molecule has 0 bridgehead atoms. The monoisotopic (exact) mass is 349 g/mol. The number of anilines is 1. The second-order valence-corrected chi connectivity index (χ2v) is 6.29. The van der Waals surface area contributed by atoms with Gasteiger partial charge in [-0.1, -0.05) is 29.8 Å². The van der Waals surface area contributed by atoms with Crippen molar-refractivity contribution in [3.8, 4) is 0 Å². The zero-order valence-corrected chi connectivity index (χ0v) is 14.6. The molecule has 0 aliphatic heterocycles. The van der Waals surface area contributed by atoms with E-state index in [2.05, 4.69) is 51.7 Å². The van der Waals surface area contributed by atoms with E-state index < -0.39 is 0 Å². The lowest BCUT2D eigenvalue weighted by molar-refractivity contribution is 1.16. The molecule has 0 fully saturated rings. The minimum atomic E-state index is 0.413. The fourth-order valence-corrected chi connectivity index (χ4v) is 2.98. The number of hydrazone groups is 1. The molecule has 3 aromatic heterocycles. The summed E-state index contributed by atoms with van der Waals surface area (Å²) in [4.78, 5) is 8.96. The Morgan fingerprint density at radius 3 is 2.88 bits per heavy atom. The van der Waals surface area contributed by atoms with Crippen molar-refractivity contribution < 1.29 is 0 Å². The van der Waals surface area contributed by atoms with Crippen LogP contribution in [0.2, 0.25) is 5.15 Å². The molecule has 124 valence electrons. The highest BCUT2D eigenvalue weighted by molar-refractivity contribution is 6.32. The number of aryl methyl sites for hydroxylation is 2. The summed E-state index contributed by atoms with van der Waals surface area (Å²) in [5, 5.41) is 5.83. The normalized spacial score (nSPS) is 11.6. The largest absolute Gasteiger partial charge is 0.297 e. The first-order valence-corrected chi connectivity index (χ1v) is 8.29. The number of halogens is 1. The van der Waals surface area contributed by atoms with Crippen molar-refractivity contribution in [1.82, 2.24) is 14.4 Å². The van der Waals surface area contributed by atoms with Crippen LogP contribution in [0.25, 0.3) is 16.6 Å². The molecule has 0 unspecified atom stereocenters. The van der Waals surface area contributed by atoms with Crippen LogP contribution in [0.15, 0.2) is 53.8 Å². The molecule has 6 heteroatoms. The Kier molecular flexibility index (Phi) is 3.86. The van der Waals surface area contributed by atoms with Crippen LogP contribution in [0.3, 0.4) is 0 Å². The smallest absolute Gasteiger partial charge is 0.157 e. The molecular formula is C19H16ClN5. The summed E-state index contributed by atoms with van der Waals surface area (Å²) < 4.78 is 1.89. The van der Waals surface area contributed by atoms with Gasteiger partial charge in [-0.2, -0.15) is 5.10 Å². The number of hydrogen-bond donors (Lipinski definition) is 1. The van der Waals surface area contributed by atoms with Gasteiger partial charge in [-0.05, 0) is 49.2 Å². The molecule has 0 spiro atoms. The van der Waals surface area contributed by atoms with E-state index >= 15 is 0 Å². The van der Waals surface area contributed by atoms with Gasteiger partial charge in [-0.25, -0.2) is 9.97 Å². The Labute approximate surface area is 150 Å². The van der Waals surface area contributed by atoms with Crippen molar-refractivity contribution in [2.24, 2.45) is 5.10 Å². The maximum absolute atomic E-state index is 6.21. The third kappa shape index (κ3) is 2.94. The topological polar surface area (TPSA) is 54.6 Å². The molecule has 25 heavy (non-hydrogen) atoms. The van der Waals surface area contributed by atoms with Crippen LogP contribution in [0.1, 0.15) is 16.8 Å². The van der Waals surface area contributed by atoms with E-state index in [4.69, 9.17) is 11.6 Å². The van der Waals surface area contributed by atoms with Crippen LogP contribution in [-0.2, 0) is 0 Å². The van der Waals surface area contributed by atoms with E-state index in [0.717, 1.165) is 33.6 Å². The third-order valence-electron chi connectivity index (χ3n) is 4.04. The van der Waals surface area contributed by atoms with Crippen LogP contribution in [0, 0.1) is 13.8 Å². The zero-order valence-electron chi connectivity index (χ0n) is 13.9. The summed E-state index contributed by atoms with van der Waals surface area (Å²) in [5.41, 5.74) is 7.66. The van der Waals surface area contributed by atoms with E-state index in [9.17, 15) is 0 Å². The first kappa shape index (κ1) is 15.6. The lowest BCUT2D eigenvalue weighted by atomic mass is 10.1. The van der Waals surface area contributed by atoms with Gasteiger partial charge in [0.15, 0.2) is 5.15 Å². The van der Waals surface area contributed by atoms with E-state index in [1.54, 1.807) is 6.21 Å². The number of hydrogen-bond acceptors (Lipinski definition) is 4. The van der Waals surface area contributed by atoms with Gasteiger partial charge in [0.25, 0.3) is 0 Å². The number of nitrogens with one attached hydrogen (secondary N) is 1. The molecule has 0 atom stereocenters. The standard InChI is InChI=1S/C19H16ClN5/c1-12-6-7-14-10-13(2)19(22-15(14)9-12)24-21-11-16-18(20)23-17-5-3-4-8-25(16)17/h3-11H,1-2H3,(H,22,24). The molecule has 0 radical (unpaired) electrons. The summed E-state index contributed by atoms with van der Waals surface area (Å²) in [6, 6.07) is 14.1. The fourth-order valence-electron chi connectivity index (χ4n) is 2.75. The zero-order chi connectivity index (χ0) is 17.4. The number of nitrogens with zero attached hydrogens (tertiary/aromatic N) is 4. The summed E-state index contributed by atoms with van der Waals surface area (Å²) in [7, 11) is 0. The van der Waals surface area contributed by atoms with Crippen LogP contribution in [0.4, 0.5) is 5.82 Å². The predicted octanol–water partition coefficient (Wildman–Crippen LogP) is 4.60. The Bertz CT molecular complexity index is 1110. The van der Waals surface area contributed by atoms with Crippen molar-refractivity contribution >= 4 is 40.2 Å². The Balaban J connectivity index is 1.66. The highest BCUT2D eigenvalue weighted by Gasteiger charge is 2.07. The van der Waals surface area contributed by atoms with Gasteiger partial charge < -0.3 is 0 Å². The Hall–Kier alpha value is -2.92. The number of pyridine rings is 2. The van der Waals surface area contributed by atoms with Gasteiger partial charge in [-0.3, -0.25) is 9.83 Å². The molecule has 0 saturated heterocycles. The Morgan fingerprint density at radius 2 is 2.00 bits per heavy atom. The third-order valence-corrected chi connectivity index (χ3v) is 4.32. The van der Waals surface area contributed by atoms with Gasteiger partial charge in [0, 0.05) is 11.6 Å². The van der Waals surface area contributed by atoms with Crippen LogP contribution >= 0.6 is 11.6 Å². The number of fused-ring (bicyclic) bond motifs is 2. The van der Waals surface area contributed by atoms with Crippen molar-refractivity contribution in [3.05, 3.63) is 70.6 Å². The van der Waals surface area contributed by atoms with Gasteiger partial charge in [0.1, 0.15) is 17.2 Å². The maximum Gasteiger partial charge on any atom is 0.157 e. The van der Waals surface area contributed by atoms with Crippen LogP contribution < -0.4 is 5.43 Å². The number of rotatable bonds is 3. The van der Waals surface area contributed by atoms with E-state index in [0.29, 0.717) is 5.15 Å². The lowest BCUT2D eigenvalue weighted by Gasteiger charge is -2.07. The molecular weight excluding hydrogens is 334 g/mol. The second kappa shape index (κ2) is 6.18. The van der Waals surface area contributed by atoms with Crippen molar-refractivity contribution in [2.45, 2.75) is 13.8 Å². The highest BCUT2D eigenvalue weighted by atomic mass is 35.5. The Morgan fingerprint density at radius 1 is 1.12 bits per heavy atom. The molecule has 0 amide bonds. The summed E-state index contributed by atoms with van der Waals surface area (Å²) in [6.45, 7) is 4.06. The van der Waals surface area contributed by atoms with E-state index in [1.807, 2.05) is 35.7 Å². The molecule has 3 heterocycles. The number of imidazole rings is 1. The minimum Gasteiger partial charge on any atom is -0.297 e. The fraction of sp³-hybridized carbons (Fsp3) is 0.105. The predicted molar refractivity (Wildman–Crippen MR) is 103 cm³/mol. The first-order valence-electron chi connectivity index (χ1n) is 7.91. The van der Waals surface area contributed by atoms with Crippen molar-refractivity contribution in [1.29, 1.82) is 0 Å². The quantitative estimate of drug-likeness (QED) is 0.434. The summed E-state index contributed by atoms with van der Waals surface area (Å²) in [6.07, 6.45) is 3.56. The minimum absolute atomic E-state index is 0.413. The van der Waals surface area contributed by atoms with Gasteiger partial charge in [0.2, 0.25) is 0 Å². The van der Waals surface area contributed by atoms with E-state index in [1.165, 1.54) is 5.56 Å². The number of benzene rings is 1. The van der Waals surface area contributed by atoms with Crippen molar-refractivity contribution in [3.63, 3.8) is 0 Å².